The number of hydrogen-bond donors (Lipinski definition) is 1. The van der Waals surface area contributed by atoms with Gasteiger partial charge in [-0.1, -0.05) is 0 Å². The molecule has 0 unspecified atom stereocenters. The molecule has 1 aliphatic carbocycles. The maximum Gasteiger partial charge on any atom is 0.265 e. The molecule has 1 saturated carbocycles. The lowest BCUT2D eigenvalue weighted by Gasteiger charge is -2.13. The highest BCUT2D eigenvalue weighted by atomic mass is 32.2. The molecule has 1 N–H and O–H groups in total. The molecule has 0 spiro atoms. The molecule has 2 aromatic carbocycles. The Balaban J connectivity index is 1.82. The molecule has 0 heterocycles. The molecule has 132 valence electrons. The van der Waals surface area contributed by atoms with E-state index in [4.69, 9.17) is 9.47 Å². The van der Waals surface area contributed by atoms with Crippen LogP contribution < -0.4 is 14.2 Å². The molecule has 6 nitrogen and oxygen atoms in total. The first-order valence-corrected chi connectivity index (χ1v) is 9.32. The topological polar surface area (TPSA) is 81.7 Å². The molecule has 3 rings (SSSR count). The maximum absolute atomic E-state index is 12.6. The first kappa shape index (κ1) is 17.3. The molecule has 1 aliphatic rings. The lowest BCUT2D eigenvalue weighted by atomic mass is 10.1. The van der Waals surface area contributed by atoms with E-state index in [2.05, 4.69) is 4.72 Å². The van der Waals surface area contributed by atoms with E-state index in [9.17, 15) is 13.2 Å². The first-order chi connectivity index (χ1) is 11.9. The van der Waals surface area contributed by atoms with Gasteiger partial charge in [-0.2, -0.15) is 0 Å². The van der Waals surface area contributed by atoms with Gasteiger partial charge in [-0.15, -0.1) is 0 Å². The normalized spacial score (nSPS) is 14.0. The molecule has 0 bridgehead atoms. The smallest absolute Gasteiger partial charge is 0.265 e. The number of methoxy groups -OCH3 is 2. The Morgan fingerprint density at radius 3 is 2.28 bits per heavy atom. The van der Waals surface area contributed by atoms with Gasteiger partial charge in [0.25, 0.3) is 10.0 Å². The zero-order chi connectivity index (χ0) is 18.0. The Labute approximate surface area is 146 Å². The number of carbonyl (C=O) groups is 1. The number of rotatable bonds is 7. The van der Waals surface area contributed by atoms with E-state index in [1.54, 1.807) is 30.3 Å². The van der Waals surface area contributed by atoms with Crippen molar-refractivity contribution in [2.75, 3.05) is 18.9 Å². The third-order valence-electron chi connectivity index (χ3n) is 4.03. The minimum absolute atomic E-state index is 0.00827. The van der Waals surface area contributed by atoms with Crippen LogP contribution in [0.3, 0.4) is 0 Å². The summed E-state index contributed by atoms with van der Waals surface area (Å²) >= 11 is 0. The number of nitrogens with one attached hydrogen (secondary N) is 1. The SMILES string of the molecule is COc1ccc(S(=O)(=O)Nc2ccc(C(=O)C3CC3)cc2)c(OC)c1. The number of anilines is 1. The van der Waals surface area contributed by atoms with Crippen molar-refractivity contribution >= 4 is 21.5 Å². The largest absolute Gasteiger partial charge is 0.497 e. The molecule has 0 saturated heterocycles. The molecule has 0 radical (unpaired) electrons. The van der Waals surface area contributed by atoms with Crippen molar-refractivity contribution in [3.8, 4) is 11.5 Å². The zero-order valence-corrected chi connectivity index (χ0v) is 14.8. The van der Waals surface area contributed by atoms with E-state index in [0.29, 0.717) is 17.0 Å². The van der Waals surface area contributed by atoms with E-state index in [-0.39, 0.29) is 22.3 Å². The van der Waals surface area contributed by atoms with Crippen LogP contribution in [0.1, 0.15) is 23.2 Å². The summed E-state index contributed by atoms with van der Waals surface area (Å²) in [5, 5.41) is 0. The van der Waals surface area contributed by atoms with Crippen LogP contribution in [0.4, 0.5) is 5.69 Å². The third-order valence-corrected chi connectivity index (χ3v) is 5.45. The van der Waals surface area contributed by atoms with E-state index in [0.717, 1.165) is 12.8 Å². The summed E-state index contributed by atoms with van der Waals surface area (Å²) < 4.78 is 38.0. The van der Waals surface area contributed by atoms with Gasteiger partial charge in [0.1, 0.15) is 16.4 Å². The molecular formula is C18H19NO5S. The Morgan fingerprint density at radius 1 is 1.04 bits per heavy atom. The summed E-state index contributed by atoms with van der Waals surface area (Å²) in [5.74, 6) is 0.934. The second-order valence-corrected chi connectivity index (χ2v) is 7.49. The standard InChI is InChI=1S/C18H19NO5S/c1-23-15-9-10-17(16(11-15)24-2)25(21,22)19-14-7-5-13(6-8-14)18(20)12-3-4-12/h5-12,19H,3-4H2,1-2H3. The summed E-state index contributed by atoms with van der Waals surface area (Å²) in [6.45, 7) is 0. The highest BCUT2D eigenvalue weighted by Gasteiger charge is 2.30. The van der Waals surface area contributed by atoms with Gasteiger partial charge in [-0.3, -0.25) is 9.52 Å². The number of hydrogen-bond acceptors (Lipinski definition) is 5. The van der Waals surface area contributed by atoms with Gasteiger partial charge in [-0.25, -0.2) is 8.42 Å². The van der Waals surface area contributed by atoms with Crippen molar-refractivity contribution in [1.29, 1.82) is 0 Å². The Bertz CT molecular complexity index is 886. The zero-order valence-electron chi connectivity index (χ0n) is 14.0. The van der Waals surface area contributed by atoms with E-state index >= 15 is 0 Å². The quantitative estimate of drug-likeness (QED) is 0.767. The Hall–Kier alpha value is -2.54. The average molecular weight is 361 g/mol. The van der Waals surface area contributed by atoms with Crippen LogP contribution in [-0.4, -0.2) is 28.4 Å². The van der Waals surface area contributed by atoms with Crippen molar-refractivity contribution in [2.45, 2.75) is 17.7 Å². The highest BCUT2D eigenvalue weighted by molar-refractivity contribution is 7.92. The van der Waals surface area contributed by atoms with Gasteiger partial charge >= 0.3 is 0 Å². The number of Topliss-reactive ketones (excluding diaryl/α,β-unsaturated/α-hetero) is 1. The van der Waals surface area contributed by atoms with Crippen LogP contribution in [-0.2, 0) is 10.0 Å². The molecule has 2 aromatic rings. The van der Waals surface area contributed by atoms with Crippen molar-refractivity contribution < 1.29 is 22.7 Å². The molecular weight excluding hydrogens is 342 g/mol. The van der Waals surface area contributed by atoms with Crippen LogP contribution in [0.25, 0.3) is 0 Å². The first-order valence-electron chi connectivity index (χ1n) is 7.84. The lowest BCUT2D eigenvalue weighted by molar-refractivity contribution is 0.0967. The van der Waals surface area contributed by atoms with E-state index in [1.165, 1.54) is 26.4 Å². The van der Waals surface area contributed by atoms with Gasteiger partial charge in [0.15, 0.2) is 5.78 Å². The lowest BCUT2D eigenvalue weighted by Crippen LogP contribution is -2.14. The molecule has 0 amide bonds. The minimum Gasteiger partial charge on any atom is -0.497 e. The molecule has 25 heavy (non-hydrogen) atoms. The van der Waals surface area contributed by atoms with E-state index < -0.39 is 10.0 Å². The van der Waals surface area contributed by atoms with Crippen LogP contribution in [0.5, 0.6) is 11.5 Å². The summed E-state index contributed by atoms with van der Waals surface area (Å²) in [6, 6.07) is 10.9. The van der Waals surface area contributed by atoms with Crippen molar-refractivity contribution in [1.82, 2.24) is 0 Å². The van der Waals surface area contributed by atoms with E-state index in [1.807, 2.05) is 0 Å². The fourth-order valence-electron chi connectivity index (χ4n) is 2.49. The van der Waals surface area contributed by atoms with Crippen molar-refractivity contribution in [3.63, 3.8) is 0 Å². The number of benzene rings is 2. The van der Waals surface area contributed by atoms with Crippen molar-refractivity contribution in [3.05, 3.63) is 48.0 Å². The van der Waals surface area contributed by atoms with Crippen LogP contribution >= 0.6 is 0 Å². The minimum atomic E-state index is -3.83. The van der Waals surface area contributed by atoms with Crippen LogP contribution in [0.2, 0.25) is 0 Å². The van der Waals surface area contributed by atoms with Gasteiger partial charge in [0.2, 0.25) is 0 Å². The van der Waals surface area contributed by atoms with Crippen molar-refractivity contribution in [2.24, 2.45) is 5.92 Å². The third kappa shape index (κ3) is 3.76. The van der Waals surface area contributed by atoms with Gasteiger partial charge < -0.3 is 9.47 Å². The monoisotopic (exact) mass is 361 g/mol. The summed E-state index contributed by atoms with van der Waals surface area (Å²) in [5.41, 5.74) is 0.984. The summed E-state index contributed by atoms with van der Waals surface area (Å²) in [7, 11) is -0.947. The fourth-order valence-corrected chi connectivity index (χ4v) is 3.70. The molecule has 0 aromatic heterocycles. The second-order valence-electron chi connectivity index (χ2n) is 5.84. The number of carbonyl (C=O) groups excluding carboxylic acids is 1. The molecule has 1 fully saturated rings. The van der Waals surface area contributed by atoms with Crippen LogP contribution in [0.15, 0.2) is 47.4 Å². The van der Waals surface area contributed by atoms with Gasteiger partial charge in [0, 0.05) is 23.2 Å². The van der Waals surface area contributed by atoms with Gasteiger partial charge in [-0.05, 0) is 49.2 Å². The Kier molecular flexibility index (Phi) is 4.67. The second kappa shape index (κ2) is 6.76. The number of ketones is 1. The van der Waals surface area contributed by atoms with Crippen LogP contribution in [0, 0.1) is 5.92 Å². The highest BCUT2D eigenvalue weighted by Crippen LogP contribution is 2.33. The maximum atomic E-state index is 12.6. The number of ether oxygens (including phenoxy) is 2. The molecule has 7 heteroatoms. The average Bonchev–Trinajstić information content (AvgIpc) is 3.46. The predicted molar refractivity (Wildman–Crippen MR) is 93.9 cm³/mol. The Morgan fingerprint density at radius 2 is 1.72 bits per heavy atom. The summed E-state index contributed by atoms with van der Waals surface area (Å²) in [4.78, 5) is 12.0. The predicted octanol–water partition coefficient (Wildman–Crippen LogP) is 3.10. The fraction of sp³-hybridized carbons (Fsp3) is 0.278. The summed E-state index contributed by atoms with van der Waals surface area (Å²) in [6.07, 6.45) is 1.87. The van der Waals surface area contributed by atoms with Gasteiger partial charge in [0.05, 0.1) is 14.2 Å². The molecule has 0 aliphatic heterocycles. The molecule has 0 atom stereocenters. The number of sulfonamides is 1.